The van der Waals surface area contributed by atoms with Crippen LogP contribution in [0.25, 0.3) is 0 Å². The summed E-state index contributed by atoms with van der Waals surface area (Å²) in [5.41, 5.74) is 0.171. The average Bonchev–Trinajstić information content (AvgIpc) is 2.26. The fourth-order valence-electron chi connectivity index (χ4n) is 1.95. The summed E-state index contributed by atoms with van der Waals surface area (Å²) < 4.78 is 46.9. The summed E-state index contributed by atoms with van der Waals surface area (Å²) in [6, 6.07) is 1.30. The van der Waals surface area contributed by atoms with Gasteiger partial charge in [0.15, 0.2) is 0 Å². The van der Waals surface area contributed by atoms with E-state index in [4.69, 9.17) is 8.92 Å². The van der Waals surface area contributed by atoms with Crippen LogP contribution < -0.4 is 0 Å². The molecule has 19 heavy (non-hydrogen) atoms. The molecular weight excluding hydrogens is 341 g/mol. The molecule has 2 unspecified atom stereocenters. The number of nitrogens with zero attached hydrogens (tertiary/aromatic N) is 1. The number of aromatic nitrogens is 1. The van der Waals surface area contributed by atoms with Crippen LogP contribution in [0.15, 0.2) is 16.7 Å². The summed E-state index contributed by atoms with van der Waals surface area (Å²) in [4.78, 5) is 3.98. The first-order valence-electron chi connectivity index (χ1n) is 5.66. The molecule has 0 aromatic carbocycles. The van der Waals surface area contributed by atoms with E-state index in [-0.39, 0.29) is 12.1 Å². The third-order valence-electron chi connectivity index (χ3n) is 2.69. The van der Waals surface area contributed by atoms with Crippen LogP contribution in [0.2, 0.25) is 0 Å². The Kier molecular flexibility index (Phi) is 4.54. The van der Waals surface area contributed by atoms with Crippen molar-refractivity contribution in [2.45, 2.75) is 25.0 Å². The zero-order valence-electron chi connectivity index (χ0n) is 10.2. The molecule has 5 nitrogen and oxygen atoms in total. The summed E-state index contributed by atoms with van der Waals surface area (Å²) in [7, 11) is -3.52. The van der Waals surface area contributed by atoms with Crippen molar-refractivity contribution >= 4 is 26.0 Å². The van der Waals surface area contributed by atoms with E-state index in [1.165, 1.54) is 12.3 Å². The number of ether oxygens (including phenoxy) is 1. The van der Waals surface area contributed by atoms with E-state index in [1.807, 2.05) is 0 Å². The smallest absolute Gasteiger partial charge is 0.264 e. The first kappa shape index (κ1) is 14.8. The van der Waals surface area contributed by atoms with E-state index < -0.39 is 28.1 Å². The number of rotatable bonds is 3. The molecule has 2 atom stereocenters. The Hall–Kier alpha value is -0.570. The van der Waals surface area contributed by atoms with Gasteiger partial charge in [0, 0.05) is 17.1 Å². The molecule has 0 saturated carbocycles. The van der Waals surface area contributed by atoms with Crippen molar-refractivity contribution in [1.29, 1.82) is 0 Å². The molecule has 1 aromatic heterocycles. The summed E-state index contributed by atoms with van der Waals surface area (Å²) in [5, 5.41) is 0. The van der Waals surface area contributed by atoms with Gasteiger partial charge in [0.1, 0.15) is 17.6 Å². The van der Waals surface area contributed by atoms with Gasteiger partial charge in [0.2, 0.25) is 0 Å². The van der Waals surface area contributed by atoms with E-state index in [0.29, 0.717) is 17.5 Å². The maximum atomic E-state index is 13.8. The van der Waals surface area contributed by atoms with Crippen molar-refractivity contribution < 1.29 is 21.7 Å². The second-order valence-corrected chi connectivity index (χ2v) is 6.84. The first-order chi connectivity index (χ1) is 8.85. The normalized spacial score (nSPS) is 24.4. The lowest BCUT2D eigenvalue weighted by Crippen LogP contribution is -2.29. The van der Waals surface area contributed by atoms with Crippen LogP contribution in [0.5, 0.6) is 0 Å². The van der Waals surface area contributed by atoms with Crippen LogP contribution in [0.3, 0.4) is 0 Å². The quantitative estimate of drug-likeness (QED) is 0.779. The highest BCUT2D eigenvalue weighted by Gasteiger charge is 2.29. The van der Waals surface area contributed by atoms with E-state index in [9.17, 15) is 12.8 Å². The molecule has 0 N–H and O–H groups in total. The summed E-state index contributed by atoms with van der Waals surface area (Å²) in [6.45, 7) is 0.308. The lowest BCUT2D eigenvalue weighted by Gasteiger charge is -2.28. The van der Waals surface area contributed by atoms with Crippen LogP contribution in [0.1, 0.15) is 24.6 Å². The van der Waals surface area contributed by atoms with Gasteiger partial charge in [-0.3, -0.25) is 9.17 Å². The Bertz CT molecular complexity index is 566. The maximum Gasteiger partial charge on any atom is 0.264 e. The van der Waals surface area contributed by atoms with E-state index >= 15 is 0 Å². The zero-order chi connectivity index (χ0) is 14.0. The number of halogens is 2. The minimum Gasteiger partial charge on any atom is -0.372 e. The molecule has 1 fully saturated rings. The standard InChI is InChI=1S/C11H13BrFNO4S/c1-19(15,16)18-8-2-3-17-10(5-8)11-9(13)4-7(12)6-14-11/h4,6,8,10H,2-3,5H2,1H3. The number of pyridine rings is 1. The highest BCUT2D eigenvalue weighted by atomic mass is 79.9. The molecule has 0 amide bonds. The summed E-state index contributed by atoms with van der Waals surface area (Å²) in [6.07, 6.45) is 2.10. The summed E-state index contributed by atoms with van der Waals surface area (Å²) in [5.74, 6) is -0.487. The molecule has 0 bridgehead atoms. The molecule has 2 rings (SSSR count). The van der Waals surface area contributed by atoms with Crippen LogP contribution >= 0.6 is 15.9 Å². The molecule has 0 spiro atoms. The largest absolute Gasteiger partial charge is 0.372 e. The molecule has 106 valence electrons. The van der Waals surface area contributed by atoms with Crippen molar-refractivity contribution in [3.63, 3.8) is 0 Å². The van der Waals surface area contributed by atoms with E-state index in [1.54, 1.807) is 0 Å². The van der Waals surface area contributed by atoms with Crippen LogP contribution in [-0.2, 0) is 19.0 Å². The lowest BCUT2D eigenvalue weighted by atomic mass is 10.0. The van der Waals surface area contributed by atoms with Crippen LogP contribution in [-0.4, -0.2) is 32.4 Å². The van der Waals surface area contributed by atoms with Gasteiger partial charge in [-0.05, 0) is 28.4 Å². The third-order valence-corrected chi connectivity index (χ3v) is 3.74. The topological polar surface area (TPSA) is 65.5 Å². The minimum absolute atomic E-state index is 0.171. The maximum absolute atomic E-state index is 13.8. The van der Waals surface area contributed by atoms with Gasteiger partial charge in [-0.2, -0.15) is 8.42 Å². The predicted octanol–water partition coefficient (Wildman–Crippen LogP) is 2.18. The predicted molar refractivity (Wildman–Crippen MR) is 69.5 cm³/mol. The highest BCUT2D eigenvalue weighted by Crippen LogP contribution is 2.31. The average molecular weight is 354 g/mol. The van der Waals surface area contributed by atoms with Crippen molar-refractivity contribution in [2.24, 2.45) is 0 Å². The van der Waals surface area contributed by atoms with E-state index in [0.717, 1.165) is 6.26 Å². The van der Waals surface area contributed by atoms with Crippen LogP contribution in [0, 0.1) is 5.82 Å². The molecule has 8 heteroatoms. The van der Waals surface area contributed by atoms with Gasteiger partial charge in [0.05, 0.1) is 19.0 Å². The van der Waals surface area contributed by atoms with Crippen molar-refractivity contribution in [3.8, 4) is 0 Å². The molecule has 1 aliphatic rings. The van der Waals surface area contributed by atoms with Gasteiger partial charge in [-0.1, -0.05) is 0 Å². The SMILES string of the molecule is CS(=O)(=O)OC1CCOC(c2ncc(Br)cc2F)C1. The monoisotopic (exact) mass is 353 g/mol. The van der Waals surface area contributed by atoms with Gasteiger partial charge in [-0.25, -0.2) is 4.39 Å². The third kappa shape index (κ3) is 4.20. The van der Waals surface area contributed by atoms with Gasteiger partial charge in [-0.15, -0.1) is 0 Å². The molecule has 1 aromatic rings. The fourth-order valence-corrected chi connectivity index (χ4v) is 2.93. The van der Waals surface area contributed by atoms with Gasteiger partial charge in [0.25, 0.3) is 10.1 Å². The van der Waals surface area contributed by atoms with Gasteiger partial charge < -0.3 is 4.74 Å². The zero-order valence-corrected chi connectivity index (χ0v) is 12.6. The molecule has 1 saturated heterocycles. The Morgan fingerprint density at radius 1 is 1.58 bits per heavy atom. The fraction of sp³-hybridized carbons (Fsp3) is 0.545. The number of hydrogen-bond donors (Lipinski definition) is 0. The highest BCUT2D eigenvalue weighted by molar-refractivity contribution is 9.10. The molecule has 1 aliphatic heterocycles. The number of hydrogen-bond acceptors (Lipinski definition) is 5. The Morgan fingerprint density at radius 3 is 2.95 bits per heavy atom. The Morgan fingerprint density at radius 2 is 2.32 bits per heavy atom. The Balaban J connectivity index is 2.12. The van der Waals surface area contributed by atoms with Crippen molar-refractivity contribution in [2.75, 3.05) is 12.9 Å². The van der Waals surface area contributed by atoms with Crippen molar-refractivity contribution in [3.05, 3.63) is 28.2 Å². The minimum atomic E-state index is -3.52. The molecule has 0 radical (unpaired) electrons. The Labute approximate surface area is 119 Å². The summed E-state index contributed by atoms with van der Waals surface area (Å²) >= 11 is 3.12. The van der Waals surface area contributed by atoms with E-state index in [2.05, 4.69) is 20.9 Å². The second-order valence-electron chi connectivity index (χ2n) is 4.33. The molecular formula is C11H13BrFNO4S. The van der Waals surface area contributed by atoms with Crippen molar-refractivity contribution in [1.82, 2.24) is 4.98 Å². The second kappa shape index (κ2) is 5.82. The molecule has 2 heterocycles. The molecule has 0 aliphatic carbocycles. The van der Waals surface area contributed by atoms with Crippen LogP contribution in [0.4, 0.5) is 4.39 Å². The van der Waals surface area contributed by atoms with Gasteiger partial charge >= 0.3 is 0 Å². The lowest BCUT2D eigenvalue weighted by molar-refractivity contribution is -0.0378. The first-order valence-corrected chi connectivity index (χ1v) is 8.27.